The maximum atomic E-state index is 10.3. The van der Waals surface area contributed by atoms with Crippen molar-refractivity contribution in [3.8, 4) is 0 Å². The lowest BCUT2D eigenvalue weighted by Crippen LogP contribution is -2.11. The van der Waals surface area contributed by atoms with Crippen LogP contribution < -0.4 is 11.1 Å². The Morgan fingerprint density at radius 1 is 1.70 bits per heavy atom. The van der Waals surface area contributed by atoms with Crippen LogP contribution in [0.3, 0.4) is 0 Å². The molecular formula is C7H14N2O. The van der Waals surface area contributed by atoms with E-state index in [0.717, 1.165) is 12.8 Å². The van der Waals surface area contributed by atoms with Gasteiger partial charge in [-0.1, -0.05) is 6.08 Å². The van der Waals surface area contributed by atoms with Crippen LogP contribution in [0.5, 0.6) is 0 Å². The Morgan fingerprint density at radius 2 is 2.40 bits per heavy atom. The number of carbonyl (C=O) groups is 1. The molecule has 0 radical (unpaired) electrons. The number of unbranched alkanes of at least 4 members (excludes halogenated alkanes) is 1. The van der Waals surface area contributed by atoms with Crippen LogP contribution in [0, 0.1) is 0 Å². The van der Waals surface area contributed by atoms with Crippen molar-refractivity contribution in [2.45, 2.75) is 19.8 Å². The predicted octanol–water partition coefficient (Wildman–Crippen LogP) is 0.375. The van der Waals surface area contributed by atoms with Crippen molar-refractivity contribution < 1.29 is 4.79 Å². The molecule has 0 unspecified atom stereocenters. The lowest BCUT2D eigenvalue weighted by molar-refractivity contribution is -0.118. The van der Waals surface area contributed by atoms with Crippen molar-refractivity contribution >= 4 is 5.91 Å². The van der Waals surface area contributed by atoms with E-state index < -0.39 is 0 Å². The molecule has 58 valence electrons. The quantitative estimate of drug-likeness (QED) is 0.557. The van der Waals surface area contributed by atoms with Crippen molar-refractivity contribution in [3.05, 3.63) is 12.3 Å². The molecule has 0 spiro atoms. The minimum absolute atomic E-state index is 0.0380. The lowest BCUT2D eigenvalue weighted by atomic mass is 10.3. The molecule has 0 aromatic heterocycles. The first kappa shape index (κ1) is 9.17. The van der Waals surface area contributed by atoms with Crippen molar-refractivity contribution in [2.24, 2.45) is 5.73 Å². The van der Waals surface area contributed by atoms with Gasteiger partial charge in [-0.25, -0.2) is 0 Å². The third kappa shape index (κ3) is 7.17. The monoisotopic (exact) mass is 142 g/mol. The highest BCUT2D eigenvalue weighted by Gasteiger charge is 1.81. The van der Waals surface area contributed by atoms with Crippen LogP contribution in [0.15, 0.2) is 12.3 Å². The molecule has 0 aromatic carbocycles. The molecule has 0 saturated heterocycles. The first-order valence-corrected chi connectivity index (χ1v) is 3.39. The van der Waals surface area contributed by atoms with Gasteiger partial charge in [-0.2, -0.15) is 0 Å². The fourth-order valence-electron chi connectivity index (χ4n) is 0.495. The molecule has 0 bridgehead atoms. The van der Waals surface area contributed by atoms with E-state index >= 15 is 0 Å². The molecule has 0 saturated carbocycles. The van der Waals surface area contributed by atoms with Gasteiger partial charge in [-0.05, 0) is 25.6 Å². The minimum atomic E-state index is -0.0380. The van der Waals surface area contributed by atoms with Crippen molar-refractivity contribution in [1.82, 2.24) is 5.32 Å². The van der Waals surface area contributed by atoms with E-state index in [1.165, 1.54) is 6.92 Å². The first-order valence-electron chi connectivity index (χ1n) is 3.39. The van der Waals surface area contributed by atoms with Gasteiger partial charge in [0.15, 0.2) is 0 Å². The summed E-state index contributed by atoms with van der Waals surface area (Å²) in [6.45, 7) is 2.18. The Morgan fingerprint density at radius 3 is 2.90 bits per heavy atom. The van der Waals surface area contributed by atoms with Crippen LogP contribution in [-0.2, 0) is 4.79 Å². The lowest BCUT2D eigenvalue weighted by Gasteiger charge is -1.90. The van der Waals surface area contributed by atoms with E-state index in [-0.39, 0.29) is 5.91 Å². The van der Waals surface area contributed by atoms with E-state index in [4.69, 9.17) is 5.73 Å². The van der Waals surface area contributed by atoms with Crippen LogP contribution >= 0.6 is 0 Å². The molecule has 3 heteroatoms. The zero-order valence-electron chi connectivity index (χ0n) is 6.26. The third-order valence-corrected chi connectivity index (χ3v) is 0.979. The number of allylic oxidation sites excluding steroid dienone is 1. The Balaban J connectivity index is 3.12. The van der Waals surface area contributed by atoms with Gasteiger partial charge in [0.2, 0.25) is 5.91 Å². The first-order chi connectivity index (χ1) is 4.77. The highest BCUT2D eigenvalue weighted by Crippen LogP contribution is 1.85. The molecule has 0 rings (SSSR count). The highest BCUT2D eigenvalue weighted by atomic mass is 16.1. The number of hydrogen-bond acceptors (Lipinski definition) is 2. The second-order valence-electron chi connectivity index (χ2n) is 2.03. The van der Waals surface area contributed by atoms with Gasteiger partial charge in [-0.3, -0.25) is 4.79 Å². The van der Waals surface area contributed by atoms with Crippen LogP contribution in [-0.4, -0.2) is 12.5 Å². The third-order valence-electron chi connectivity index (χ3n) is 0.979. The number of amides is 1. The van der Waals surface area contributed by atoms with Crippen LogP contribution in [0.25, 0.3) is 0 Å². The molecule has 10 heavy (non-hydrogen) atoms. The molecule has 0 fully saturated rings. The van der Waals surface area contributed by atoms with Gasteiger partial charge in [0.05, 0.1) is 0 Å². The summed E-state index contributed by atoms with van der Waals surface area (Å²) < 4.78 is 0. The zero-order chi connectivity index (χ0) is 7.82. The molecule has 0 aliphatic heterocycles. The Hall–Kier alpha value is -0.830. The number of hydrogen-bond donors (Lipinski definition) is 2. The number of nitrogens with two attached hydrogens (primary N) is 1. The summed E-state index contributed by atoms with van der Waals surface area (Å²) in [6.07, 6.45) is 5.44. The topological polar surface area (TPSA) is 55.1 Å². The minimum Gasteiger partial charge on any atom is -0.333 e. The highest BCUT2D eigenvalue weighted by molar-refractivity contribution is 5.73. The van der Waals surface area contributed by atoms with E-state index in [2.05, 4.69) is 5.32 Å². The van der Waals surface area contributed by atoms with Gasteiger partial charge in [0.1, 0.15) is 0 Å². The van der Waals surface area contributed by atoms with Gasteiger partial charge in [-0.15, -0.1) is 0 Å². The largest absolute Gasteiger partial charge is 0.333 e. The summed E-state index contributed by atoms with van der Waals surface area (Å²) in [5, 5.41) is 2.54. The smallest absolute Gasteiger partial charge is 0.220 e. The van der Waals surface area contributed by atoms with E-state index in [1.807, 2.05) is 6.08 Å². The van der Waals surface area contributed by atoms with Gasteiger partial charge < -0.3 is 11.1 Å². The molecule has 0 heterocycles. The fourth-order valence-corrected chi connectivity index (χ4v) is 0.495. The zero-order valence-corrected chi connectivity index (χ0v) is 6.26. The van der Waals surface area contributed by atoms with Crippen LogP contribution in [0.4, 0.5) is 0 Å². The molecule has 3 N–H and O–H groups in total. The summed E-state index contributed by atoms with van der Waals surface area (Å²) in [5.41, 5.74) is 5.25. The molecule has 1 amide bonds. The standard InChI is InChI=1S/C7H14N2O/c1-7(10)9-6-4-2-3-5-8/h4,6H,2-3,5,8H2,1H3,(H,9,10). The molecular weight excluding hydrogens is 128 g/mol. The summed E-state index contributed by atoms with van der Waals surface area (Å²) >= 11 is 0. The average molecular weight is 142 g/mol. The van der Waals surface area contributed by atoms with Gasteiger partial charge >= 0.3 is 0 Å². The normalized spacial score (nSPS) is 10.2. The Kier molecular flexibility index (Phi) is 5.77. The number of carbonyl (C=O) groups excluding carboxylic acids is 1. The van der Waals surface area contributed by atoms with E-state index in [0.29, 0.717) is 6.54 Å². The molecule has 0 atom stereocenters. The fraction of sp³-hybridized carbons (Fsp3) is 0.571. The van der Waals surface area contributed by atoms with E-state index in [1.54, 1.807) is 6.20 Å². The molecule has 0 aliphatic rings. The number of rotatable bonds is 4. The molecule has 0 aliphatic carbocycles. The summed E-state index contributed by atoms with van der Waals surface area (Å²) in [7, 11) is 0. The maximum absolute atomic E-state index is 10.3. The van der Waals surface area contributed by atoms with E-state index in [9.17, 15) is 4.79 Å². The molecule has 3 nitrogen and oxygen atoms in total. The Labute approximate surface area is 61.3 Å². The van der Waals surface area contributed by atoms with Gasteiger partial charge in [0, 0.05) is 6.92 Å². The van der Waals surface area contributed by atoms with Crippen LogP contribution in [0.1, 0.15) is 19.8 Å². The second-order valence-corrected chi connectivity index (χ2v) is 2.03. The second kappa shape index (κ2) is 6.29. The van der Waals surface area contributed by atoms with Crippen molar-refractivity contribution in [1.29, 1.82) is 0 Å². The summed E-state index contributed by atoms with van der Waals surface area (Å²) in [5.74, 6) is -0.0380. The van der Waals surface area contributed by atoms with Crippen molar-refractivity contribution in [2.75, 3.05) is 6.54 Å². The SMILES string of the molecule is CC(=O)NC=CCCCN. The molecule has 0 aromatic rings. The van der Waals surface area contributed by atoms with Gasteiger partial charge in [0.25, 0.3) is 0 Å². The average Bonchev–Trinajstić information content (AvgIpc) is 1.87. The Bertz CT molecular complexity index is 121. The predicted molar refractivity (Wildman–Crippen MR) is 41.2 cm³/mol. The summed E-state index contributed by atoms with van der Waals surface area (Å²) in [6, 6.07) is 0. The number of nitrogens with one attached hydrogen (secondary N) is 1. The summed E-state index contributed by atoms with van der Waals surface area (Å²) in [4.78, 5) is 10.3. The van der Waals surface area contributed by atoms with Crippen LogP contribution in [0.2, 0.25) is 0 Å². The van der Waals surface area contributed by atoms with Crippen molar-refractivity contribution in [3.63, 3.8) is 0 Å². The maximum Gasteiger partial charge on any atom is 0.220 e.